The zero-order valence-corrected chi connectivity index (χ0v) is 20.8. The molecule has 0 saturated heterocycles. The average molecular weight is 489 g/mol. The molecule has 0 aliphatic heterocycles. The largest absolute Gasteiger partial charge is 0.309 e. The van der Waals surface area contributed by atoms with E-state index in [4.69, 9.17) is 0 Å². The monoisotopic (exact) mass is 488 g/mol. The number of pyridine rings is 1. The molecular formula is C34H24N4. The maximum atomic E-state index is 4.58. The van der Waals surface area contributed by atoms with Gasteiger partial charge in [0, 0.05) is 28.0 Å². The molecule has 0 radical (unpaired) electrons. The number of aliphatic imine (C=N–C) groups is 1. The van der Waals surface area contributed by atoms with Gasteiger partial charge in [-0.3, -0.25) is 9.56 Å². The fourth-order valence-electron chi connectivity index (χ4n) is 5.57. The molecule has 0 spiro atoms. The van der Waals surface area contributed by atoms with E-state index in [9.17, 15) is 0 Å². The average Bonchev–Trinajstić information content (AvgIpc) is 3.49. The highest BCUT2D eigenvalue weighted by molar-refractivity contribution is 6.11. The number of nitrogens with zero attached hydrogens (tertiary/aromatic N) is 4. The molecule has 38 heavy (non-hydrogen) atoms. The van der Waals surface area contributed by atoms with Crippen molar-refractivity contribution in [1.29, 1.82) is 0 Å². The summed E-state index contributed by atoms with van der Waals surface area (Å²) >= 11 is 0. The maximum absolute atomic E-state index is 4.58. The second-order valence-corrected chi connectivity index (χ2v) is 9.27. The normalized spacial score (nSPS) is 11.4. The molecular weight excluding hydrogens is 464 g/mol. The van der Waals surface area contributed by atoms with Crippen molar-refractivity contribution in [2.24, 2.45) is 4.99 Å². The molecule has 3 heterocycles. The van der Waals surface area contributed by atoms with Crippen molar-refractivity contribution in [1.82, 2.24) is 14.1 Å². The van der Waals surface area contributed by atoms with Crippen molar-refractivity contribution >= 4 is 51.2 Å². The summed E-state index contributed by atoms with van der Waals surface area (Å²) in [5.41, 5.74) is 8.52. The molecule has 0 atom stereocenters. The van der Waals surface area contributed by atoms with Gasteiger partial charge in [0.1, 0.15) is 5.82 Å². The lowest BCUT2D eigenvalue weighted by Crippen LogP contribution is -1.98. The van der Waals surface area contributed by atoms with Crippen molar-refractivity contribution in [3.05, 3.63) is 128 Å². The lowest BCUT2D eigenvalue weighted by Gasteiger charge is -2.09. The predicted octanol–water partition coefficient (Wildman–Crippen LogP) is 8.76. The summed E-state index contributed by atoms with van der Waals surface area (Å²) in [6.45, 7) is 7.92. The first-order valence-corrected chi connectivity index (χ1v) is 12.6. The summed E-state index contributed by atoms with van der Waals surface area (Å²) in [6.07, 6.45) is 3.62. The van der Waals surface area contributed by atoms with Crippen molar-refractivity contribution in [3.8, 4) is 22.6 Å². The van der Waals surface area contributed by atoms with Gasteiger partial charge in [0.15, 0.2) is 0 Å². The molecule has 0 unspecified atom stereocenters. The topological polar surface area (TPSA) is 35.1 Å². The second-order valence-electron chi connectivity index (χ2n) is 9.27. The number of rotatable bonds is 5. The van der Waals surface area contributed by atoms with Gasteiger partial charge in [-0.05, 0) is 78.5 Å². The zero-order valence-electron chi connectivity index (χ0n) is 20.8. The van der Waals surface area contributed by atoms with Crippen LogP contribution in [0.3, 0.4) is 0 Å². The molecule has 0 fully saturated rings. The highest BCUT2D eigenvalue weighted by atomic mass is 15.1. The number of hydrogen-bond donors (Lipinski definition) is 0. The first kappa shape index (κ1) is 22.0. The summed E-state index contributed by atoms with van der Waals surface area (Å²) in [6, 6.07) is 38.2. The molecule has 0 amide bonds. The van der Waals surface area contributed by atoms with Gasteiger partial charge in [-0.2, -0.15) is 0 Å². The van der Waals surface area contributed by atoms with Crippen LogP contribution in [-0.4, -0.2) is 20.8 Å². The van der Waals surface area contributed by atoms with E-state index in [1.807, 2.05) is 24.3 Å². The van der Waals surface area contributed by atoms with Gasteiger partial charge in [0.05, 0.1) is 27.9 Å². The Kier molecular flexibility index (Phi) is 5.05. The molecule has 0 N–H and O–H groups in total. The summed E-state index contributed by atoms with van der Waals surface area (Å²) in [7, 11) is 0. The van der Waals surface area contributed by atoms with Crippen molar-refractivity contribution in [3.63, 3.8) is 0 Å². The van der Waals surface area contributed by atoms with E-state index >= 15 is 0 Å². The van der Waals surface area contributed by atoms with E-state index in [1.54, 1.807) is 6.20 Å². The minimum atomic E-state index is 0.810. The SMILES string of the molecule is C=Cc1c(N=C)c2cc(-c3ccc4c(c3)c3ccccc3n4-c3ccccc3)ccc2n1-c1ccccn1. The summed E-state index contributed by atoms with van der Waals surface area (Å²) < 4.78 is 4.42. The van der Waals surface area contributed by atoms with Crippen LogP contribution < -0.4 is 0 Å². The Balaban J connectivity index is 1.46. The first-order valence-electron chi connectivity index (χ1n) is 12.6. The van der Waals surface area contributed by atoms with Gasteiger partial charge in [0.2, 0.25) is 0 Å². The highest BCUT2D eigenvalue weighted by Crippen LogP contribution is 2.40. The molecule has 4 heteroatoms. The fraction of sp³-hybridized carbons (Fsp3) is 0. The van der Waals surface area contributed by atoms with Gasteiger partial charge >= 0.3 is 0 Å². The van der Waals surface area contributed by atoms with Crippen molar-refractivity contribution < 1.29 is 0 Å². The lowest BCUT2D eigenvalue weighted by atomic mass is 10.0. The maximum Gasteiger partial charge on any atom is 0.137 e. The molecule has 4 aromatic carbocycles. The van der Waals surface area contributed by atoms with Crippen LogP contribution in [0.2, 0.25) is 0 Å². The third-order valence-corrected chi connectivity index (χ3v) is 7.23. The van der Waals surface area contributed by atoms with E-state index < -0.39 is 0 Å². The van der Waals surface area contributed by atoms with Crippen LogP contribution in [0.25, 0.3) is 61.4 Å². The van der Waals surface area contributed by atoms with Crippen LogP contribution in [-0.2, 0) is 0 Å². The van der Waals surface area contributed by atoms with Crippen LogP contribution >= 0.6 is 0 Å². The standard InChI is InChI=1S/C34H24N4/c1-3-29-34(35-2)28-22-24(17-19-32(28)38(29)33-15-9-10-20-36-33)23-16-18-31-27(21-23)26-13-7-8-14-30(26)37(31)25-11-5-4-6-12-25/h3-22H,1-2H2. The Morgan fingerprint density at radius 2 is 1.29 bits per heavy atom. The second kappa shape index (κ2) is 8.71. The van der Waals surface area contributed by atoms with Crippen LogP contribution in [0.1, 0.15) is 5.69 Å². The quantitative estimate of drug-likeness (QED) is 0.223. The summed E-state index contributed by atoms with van der Waals surface area (Å²) in [5, 5.41) is 3.48. The molecule has 0 bridgehead atoms. The molecule has 7 aromatic rings. The van der Waals surface area contributed by atoms with Gasteiger partial charge in [-0.1, -0.05) is 61.2 Å². The number of para-hydroxylation sites is 2. The number of hydrogen-bond acceptors (Lipinski definition) is 2. The van der Waals surface area contributed by atoms with Crippen LogP contribution in [0, 0.1) is 0 Å². The van der Waals surface area contributed by atoms with Gasteiger partial charge in [0.25, 0.3) is 0 Å². The number of aromatic nitrogens is 3. The van der Waals surface area contributed by atoms with E-state index in [2.05, 4.69) is 123 Å². The van der Waals surface area contributed by atoms with Crippen molar-refractivity contribution in [2.75, 3.05) is 0 Å². The van der Waals surface area contributed by atoms with E-state index in [0.717, 1.165) is 44.9 Å². The minimum absolute atomic E-state index is 0.810. The Bertz CT molecular complexity index is 1990. The number of benzene rings is 4. The highest BCUT2D eigenvalue weighted by Gasteiger charge is 2.18. The van der Waals surface area contributed by atoms with Crippen LogP contribution in [0.15, 0.2) is 127 Å². The van der Waals surface area contributed by atoms with Gasteiger partial charge in [-0.15, -0.1) is 0 Å². The number of fused-ring (bicyclic) bond motifs is 4. The summed E-state index contributed by atoms with van der Waals surface area (Å²) in [4.78, 5) is 8.98. The van der Waals surface area contributed by atoms with Crippen LogP contribution in [0.5, 0.6) is 0 Å². The molecule has 0 aliphatic carbocycles. The Labute approximate surface area is 220 Å². The smallest absolute Gasteiger partial charge is 0.137 e. The van der Waals surface area contributed by atoms with Gasteiger partial charge in [-0.25, -0.2) is 4.98 Å². The Morgan fingerprint density at radius 3 is 2.00 bits per heavy atom. The lowest BCUT2D eigenvalue weighted by molar-refractivity contribution is 1.03. The Morgan fingerprint density at radius 1 is 0.632 bits per heavy atom. The summed E-state index contributed by atoms with van der Waals surface area (Å²) in [5.74, 6) is 0.824. The van der Waals surface area contributed by atoms with E-state index in [0.29, 0.717) is 0 Å². The molecule has 4 nitrogen and oxygen atoms in total. The third kappa shape index (κ3) is 3.24. The van der Waals surface area contributed by atoms with Gasteiger partial charge < -0.3 is 4.57 Å². The molecule has 3 aromatic heterocycles. The zero-order chi connectivity index (χ0) is 25.6. The fourth-order valence-corrected chi connectivity index (χ4v) is 5.57. The molecule has 0 saturated carbocycles. The van der Waals surface area contributed by atoms with Crippen molar-refractivity contribution in [2.45, 2.75) is 0 Å². The Hall–Kier alpha value is -5.22. The van der Waals surface area contributed by atoms with Crippen LogP contribution in [0.4, 0.5) is 5.69 Å². The molecule has 7 rings (SSSR count). The minimum Gasteiger partial charge on any atom is -0.309 e. The van der Waals surface area contributed by atoms with E-state index in [1.165, 1.54) is 21.8 Å². The first-order chi connectivity index (χ1) is 18.8. The third-order valence-electron chi connectivity index (χ3n) is 7.23. The van der Waals surface area contributed by atoms with E-state index in [-0.39, 0.29) is 0 Å². The molecule has 0 aliphatic rings. The molecule has 180 valence electrons. The predicted molar refractivity (Wildman–Crippen MR) is 160 cm³/mol.